The first-order chi connectivity index (χ1) is 9.52. The lowest BCUT2D eigenvalue weighted by molar-refractivity contribution is -0.142. The van der Waals surface area contributed by atoms with Gasteiger partial charge in [-0.1, -0.05) is 18.2 Å². The van der Waals surface area contributed by atoms with Crippen LogP contribution in [0.2, 0.25) is 0 Å². The molecular weight excluding hydrogens is 258 g/mol. The van der Waals surface area contributed by atoms with Crippen molar-refractivity contribution in [3.05, 3.63) is 36.0 Å². The predicted molar refractivity (Wildman–Crippen MR) is 75.1 cm³/mol. The number of nitrogens with one attached hydrogen (secondary N) is 1. The molecule has 1 atom stereocenters. The molecule has 0 saturated heterocycles. The Morgan fingerprint density at radius 2 is 2.05 bits per heavy atom. The number of hydrogen-bond donors (Lipinski definition) is 2. The second kappa shape index (κ2) is 5.56. The number of aromatic nitrogens is 1. The normalized spacial score (nSPS) is 11.9. The molecule has 0 aliphatic carbocycles. The zero-order chi connectivity index (χ0) is 14.7. The summed E-state index contributed by atoms with van der Waals surface area (Å²) in [6.45, 7) is 1.54. The van der Waals surface area contributed by atoms with Crippen molar-refractivity contribution >= 4 is 28.5 Å². The molecule has 1 heterocycles. The largest absolute Gasteiger partial charge is 0.467 e. The highest BCUT2D eigenvalue weighted by molar-refractivity contribution is 6.00. The summed E-state index contributed by atoms with van der Waals surface area (Å²) in [4.78, 5) is 27.5. The molecule has 0 saturated carbocycles. The summed E-state index contributed by atoms with van der Waals surface area (Å²) in [5.74, 6) is -0.993. The van der Waals surface area contributed by atoms with E-state index in [0.29, 0.717) is 11.2 Å². The molecule has 3 N–H and O–H groups in total. The summed E-state index contributed by atoms with van der Waals surface area (Å²) < 4.78 is 4.54. The number of amides is 1. The molecule has 0 bridgehead atoms. The summed E-state index contributed by atoms with van der Waals surface area (Å²) in [5.41, 5.74) is 7.16. The number of carbonyl (C=O) groups is 2. The molecule has 2 rings (SSSR count). The molecule has 1 amide bonds. The lowest BCUT2D eigenvalue weighted by Gasteiger charge is -2.12. The number of ether oxygens (including phenoxy) is 1. The van der Waals surface area contributed by atoms with E-state index in [1.165, 1.54) is 20.1 Å². The molecule has 0 aliphatic heterocycles. The van der Waals surface area contributed by atoms with Crippen LogP contribution in [0.3, 0.4) is 0 Å². The fourth-order valence-electron chi connectivity index (χ4n) is 1.82. The van der Waals surface area contributed by atoms with Crippen molar-refractivity contribution in [2.24, 2.45) is 0 Å². The standard InChI is InChI=1S/C14H15N3O3/c1-8(14(19)20-2)16-13(18)12-7-10(15)9-5-3-4-6-11(9)17-12/h3-8H,1-2H3,(H2,15,17)(H,16,18). The van der Waals surface area contributed by atoms with Gasteiger partial charge in [-0.2, -0.15) is 0 Å². The molecule has 6 nitrogen and oxygen atoms in total. The number of anilines is 1. The number of esters is 1. The van der Waals surface area contributed by atoms with Crippen LogP contribution in [0.1, 0.15) is 17.4 Å². The minimum Gasteiger partial charge on any atom is -0.467 e. The summed E-state index contributed by atoms with van der Waals surface area (Å²) in [6, 6.07) is 8.00. The van der Waals surface area contributed by atoms with Gasteiger partial charge in [0.05, 0.1) is 12.6 Å². The smallest absolute Gasteiger partial charge is 0.328 e. The number of para-hydroxylation sites is 1. The van der Waals surface area contributed by atoms with E-state index in [2.05, 4.69) is 15.0 Å². The topological polar surface area (TPSA) is 94.3 Å². The highest BCUT2D eigenvalue weighted by Crippen LogP contribution is 2.19. The fraction of sp³-hybridized carbons (Fsp3) is 0.214. The molecule has 0 fully saturated rings. The third-order valence-corrected chi connectivity index (χ3v) is 2.88. The van der Waals surface area contributed by atoms with E-state index in [1.54, 1.807) is 6.07 Å². The molecular formula is C14H15N3O3. The van der Waals surface area contributed by atoms with E-state index >= 15 is 0 Å². The summed E-state index contributed by atoms with van der Waals surface area (Å²) >= 11 is 0. The molecule has 1 aromatic carbocycles. The Labute approximate surface area is 115 Å². The van der Waals surface area contributed by atoms with Crippen molar-refractivity contribution in [1.82, 2.24) is 10.3 Å². The quantitative estimate of drug-likeness (QED) is 0.817. The van der Waals surface area contributed by atoms with Gasteiger partial charge in [0.15, 0.2) is 0 Å². The van der Waals surface area contributed by atoms with Crippen molar-refractivity contribution in [1.29, 1.82) is 0 Å². The number of nitrogen functional groups attached to an aromatic ring is 1. The van der Waals surface area contributed by atoms with Crippen LogP contribution >= 0.6 is 0 Å². The van der Waals surface area contributed by atoms with E-state index in [-0.39, 0.29) is 5.69 Å². The van der Waals surface area contributed by atoms with E-state index in [4.69, 9.17) is 5.73 Å². The summed E-state index contributed by atoms with van der Waals surface area (Å²) in [5, 5.41) is 3.29. The minimum atomic E-state index is -0.748. The van der Waals surface area contributed by atoms with Crippen LogP contribution in [0.15, 0.2) is 30.3 Å². The van der Waals surface area contributed by atoms with Crippen LogP contribution in [-0.4, -0.2) is 30.0 Å². The number of nitrogens with two attached hydrogens (primary N) is 1. The van der Waals surface area contributed by atoms with Gasteiger partial charge in [0, 0.05) is 11.1 Å². The van der Waals surface area contributed by atoms with Gasteiger partial charge >= 0.3 is 5.97 Å². The van der Waals surface area contributed by atoms with E-state index < -0.39 is 17.9 Å². The number of carbonyl (C=O) groups excluding carboxylic acids is 2. The Kier molecular flexibility index (Phi) is 3.84. The first kappa shape index (κ1) is 13.8. The van der Waals surface area contributed by atoms with Gasteiger partial charge in [-0.3, -0.25) is 4.79 Å². The van der Waals surface area contributed by atoms with Crippen molar-refractivity contribution in [3.8, 4) is 0 Å². The van der Waals surface area contributed by atoms with Gasteiger partial charge in [-0.15, -0.1) is 0 Å². The molecule has 1 aromatic heterocycles. The number of pyridine rings is 1. The van der Waals surface area contributed by atoms with E-state index in [1.807, 2.05) is 18.2 Å². The van der Waals surface area contributed by atoms with Gasteiger partial charge in [0.25, 0.3) is 5.91 Å². The number of methoxy groups -OCH3 is 1. The van der Waals surface area contributed by atoms with Gasteiger partial charge in [-0.05, 0) is 19.1 Å². The molecule has 0 radical (unpaired) electrons. The molecule has 0 spiro atoms. The summed E-state index contributed by atoms with van der Waals surface area (Å²) in [6.07, 6.45) is 0. The first-order valence-corrected chi connectivity index (χ1v) is 6.07. The Balaban J connectivity index is 2.29. The molecule has 6 heteroatoms. The molecule has 104 valence electrons. The number of benzene rings is 1. The number of hydrogen-bond acceptors (Lipinski definition) is 5. The average molecular weight is 273 g/mol. The van der Waals surface area contributed by atoms with Crippen LogP contribution in [0, 0.1) is 0 Å². The zero-order valence-corrected chi connectivity index (χ0v) is 11.2. The maximum absolute atomic E-state index is 12.0. The predicted octanol–water partition coefficient (Wildman–Crippen LogP) is 1.11. The van der Waals surface area contributed by atoms with Crippen LogP contribution < -0.4 is 11.1 Å². The molecule has 2 aromatic rings. The molecule has 20 heavy (non-hydrogen) atoms. The Bertz CT molecular complexity index is 670. The molecule has 1 unspecified atom stereocenters. The number of nitrogens with zero attached hydrogens (tertiary/aromatic N) is 1. The highest BCUT2D eigenvalue weighted by atomic mass is 16.5. The number of fused-ring (bicyclic) bond motifs is 1. The van der Waals surface area contributed by atoms with Crippen LogP contribution in [0.4, 0.5) is 5.69 Å². The molecule has 0 aliphatic rings. The Hall–Kier alpha value is -2.63. The van der Waals surface area contributed by atoms with Gasteiger partial charge in [0.2, 0.25) is 0 Å². The lowest BCUT2D eigenvalue weighted by atomic mass is 10.1. The van der Waals surface area contributed by atoms with E-state index in [0.717, 1.165) is 5.39 Å². The average Bonchev–Trinajstić information content (AvgIpc) is 2.46. The summed E-state index contributed by atoms with van der Waals surface area (Å²) in [7, 11) is 1.26. The van der Waals surface area contributed by atoms with Crippen LogP contribution in [-0.2, 0) is 9.53 Å². The fourth-order valence-corrected chi connectivity index (χ4v) is 1.82. The second-order valence-electron chi connectivity index (χ2n) is 4.33. The van der Waals surface area contributed by atoms with Gasteiger partial charge in [0.1, 0.15) is 11.7 Å². The third-order valence-electron chi connectivity index (χ3n) is 2.88. The van der Waals surface area contributed by atoms with Crippen molar-refractivity contribution in [2.75, 3.05) is 12.8 Å². The van der Waals surface area contributed by atoms with Crippen molar-refractivity contribution in [2.45, 2.75) is 13.0 Å². The maximum atomic E-state index is 12.0. The number of rotatable bonds is 3. The Morgan fingerprint density at radius 1 is 1.35 bits per heavy atom. The second-order valence-corrected chi connectivity index (χ2v) is 4.33. The Morgan fingerprint density at radius 3 is 2.75 bits per heavy atom. The van der Waals surface area contributed by atoms with Crippen molar-refractivity contribution in [3.63, 3.8) is 0 Å². The van der Waals surface area contributed by atoms with Crippen molar-refractivity contribution < 1.29 is 14.3 Å². The van der Waals surface area contributed by atoms with Crippen LogP contribution in [0.5, 0.6) is 0 Å². The lowest BCUT2D eigenvalue weighted by Crippen LogP contribution is -2.39. The highest BCUT2D eigenvalue weighted by Gasteiger charge is 2.18. The van der Waals surface area contributed by atoms with Crippen LogP contribution in [0.25, 0.3) is 10.9 Å². The zero-order valence-electron chi connectivity index (χ0n) is 11.2. The third kappa shape index (κ3) is 2.69. The minimum absolute atomic E-state index is 0.164. The maximum Gasteiger partial charge on any atom is 0.328 e. The monoisotopic (exact) mass is 273 g/mol. The SMILES string of the molecule is COC(=O)C(C)NC(=O)c1cc(N)c2ccccc2n1. The first-order valence-electron chi connectivity index (χ1n) is 6.07. The van der Waals surface area contributed by atoms with Gasteiger partial charge in [-0.25, -0.2) is 9.78 Å². The van der Waals surface area contributed by atoms with E-state index in [9.17, 15) is 9.59 Å². The van der Waals surface area contributed by atoms with Gasteiger partial charge < -0.3 is 15.8 Å².